The lowest BCUT2D eigenvalue weighted by atomic mass is 9.89. The van der Waals surface area contributed by atoms with Crippen molar-refractivity contribution in [1.29, 1.82) is 0 Å². The molecule has 0 heterocycles. The van der Waals surface area contributed by atoms with Crippen LogP contribution in [0.5, 0.6) is 0 Å². The van der Waals surface area contributed by atoms with E-state index in [1.165, 1.54) is 7.11 Å². The van der Waals surface area contributed by atoms with Crippen molar-refractivity contribution < 1.29 is 19.1 Å². The highest BCUT2D eigenvalue weighted by Crippen LogP contribution is 2.34. The third kappa shape index (κ3) is 5.77. The highest BCUT2D eigenvalue weighted by molar-refractivity contribution is 5.87. The number of ketones is 1. The summed E-state index contributed by atoms with van der Waals surface area (Å²) < 4.78 is 4.79. The molecule has 24 heavy (non-hydrogen) atoms. The molecule has 0 aromatic heterocycles. The molecule has 1 amide bonds. The maximum absolute atomic E-state index is 12.4. The first-order valence-corrected chi connectivity index (χ1v) is 8.99. The molecule has 0 bridgehead atoms. The Balaban J connectivity index is 2.65. The molecule has 5 heteroatoms. The minimum absolute atomic E-state index is 0.00916. The van der Waals surface area contributed by atoms with Crippen molar-refractivity contribution in [2.45, 2.75) is 65.3 Å². The summed E-state index contributed by atoms with van der Waals surface area (Å²) in [4.78, 5) is 36.3. The number of esters is 1. The topological polar surface area (TPSA) is 72.5 Å². The van der Waals surface area contributed by atoms with Gasteiger partial charge in [0.1, 0.15) is 11.8 Å². The second-order valence-corrected chi connectivity index (χ2v) is 6.64. The van der Waals surface area contributed by atoms with Crippen LogP contribution in [0.15, 0.2) is 12.2 Å². The second-order valence-electron chi connectivity index (χ2n) is 6.64. The van der Waals surface area contributed by atoms with Crippen LogP contribution in [-0.2, 0) is 19.1 Å². The zero-order chi connectivity index (χ0) is 18.1. The number of hydrogen-bond donors (Lipinski definition) is 1. The van der Waals surface area contributed by atoms with Crippen LogP contribution in [-0.4, -0.2) is 30.8 Å². The Bertz CT molecular complexity index is 472. The number of hydrogen-bond acceptors (Lipinski definition) is 4. The lowest BCUT2D eigenvalue weighted by molar-refractivity contribution is -0.146. The summed E-state index contributed by atoms with van der Waals surface area (Å²) in [6.45, 7) is 5.94. The predicted molar refractivity (Wildman–Crippen MR) is 93.3 cm³/mol. The number of nitrogens with one attached hydrogen (secondary N) is 1. The fourth-order valence-electron chi connectivity index (χ4n) is 3.22. The molecule has 0 aromatic carbocycles. The number of Topliss-reactive ketones (excluding diaryl/α,β-unsaturated/α-hetero) is 1. The Morgan fingerprint density at radius 1 is 1.33 bits per heavy atom. The lowest BCUT2D eigenvalue weighted by Gasteiger charge is -2.23. The third-order valence-corrected chi connectivity index (χ3v) is 4.97. The number of carbonyl (C=O) groups excluding carboxylic acids is 3. The maximum Gasteiger partial charge on any atom is 0.328 e. The molecule has 0 spiro atoms. The van der Waals surface area contributed by atoms with E-state index in [-0.39, 0.29) is 29.4 Å². The van der Waals surface area contributed by atoms with Gasteiger partial charge in [-0.05, 0) is 31.1 Å². The first kappa shape index (κ1) is 20.4. The molecule has 1 N–H and O–H groups in total. The lowest BCUT2D eigenvalue weighted by Crippen LogP contribution is -2.46. The summed E-state index contributed by atoms with van der Waals surface area (Å²) in [7, 11) is 1.33. The Morgan fingerprint density at radius 2 is 2.04 bits per heavy atom. The first-order valence-electron chi connectivity index (χ1n) is 8.99. The Morgan fingerprint density at radius 3 is 2.62 bits per heavy atom. The number of methoxy groups -OCH3 is 1. The third-order valence-electron chi connectivity index (χ3n) is 4.97. The van der Waals surface area contributed by atoms with Gasteiger partial charge in [0.05, 0.1) is 7.11 Å². The number of rotatable bonds is 9. The zero-order valence-corrected chi connectivity index (χ0v) is 15.3. The van der Waals surface area contributed by atoms with Gasteiger partial charge in [0.2, 0.25) is 5.91 Å². The minimum atomic E-state index is -0.622. The summed E-state index contributed by atoms with van der Waals surface area (Å²) >= 11 is 0. The largest absolute Gasteiger partial charge is 0.467 e. The smallest absolute Gasteiger partial charge is 0.328 e. The van der Waals surface area contributed by atoms with E-state index in [4.69, 9.17) is 4.74 Å². The van der Waals surface area contributed by atoms with Gasteiger partial charge in [0, 0.05) is 18.8 Å². The molecular weight excluding hydrogens is 306 g/mol. The zero-order valence-electron chi connectivity index (χ0n) is 15.3. The van der Waals surface area contributed by atoms with Gasteiger partial charge >= 0.3 is 5.97 Å². The molecule has 1 saturated carbocycles. The van der Waals surface area contributed by atoms with Crippen molar-refractivity contribution in [1.82, 2.24) is 5.32 Å². The van der Waals surface area contributed by atoms with Gasteiger partial charge in [-0.1, -0.05) is 39.3 Å². The molecule has 1 aliphatic rings. The molecule has 4 atom stereocenters. The minimum Gasteiger partial charge on any atom is -0.467 e. The van der Waals surface area contributed by atoms with Gasteiger partial charge in [0.25, 0.3) is 0 Å². The predicted octanol–water partition coefficient (Wildman–Crippen LogP) is 3.03. The van der Waals surface area contributed by atoms with Gasteiger partial charge < -0.3 is 10.1 Å². The van der Waals surface area contributed by atoms with Crippen LogP contribution in [0, 0.1) is 17.8 Å². The van der Waals surface area contributed by atoms with Gasteiger partial charge in [-0.25, -0.2) is 4.79 Å². The molecule has 0 radical (unpaired) electrons. The second kappa shape index (κ2) is 10.3. The number of ether oxygens (including phenoxy) is 1. The summed E-state index contributed by atoms with van der Waals surface area (Å²) in [5.41, 5.74) is 0. The van der Waals surface area contributed by atoms with Crippen LogP contribution >= 0.6 is 0 Å². The van der Waals surface area contributed by atoms with E-state index < -0.39 is 12.0 Å². The highest BCUT2D eigenvalue weighted by atomic mass is 16.5. The van der Waals surface area contributed by atoms with Gasteiger partial charge in [-0.15, -0.1) is 0 Å². The van der Waals surface area contributed by atoms with Gasteiger partial charge in [-0.3, -0.25) is 9.59 Å². The van der Waals surface area contributed by atoms with Crippen molar-refractivity contribution in [3.05, 3.63) is 12.2 Å². The Kier molecular flexibility index (Phi) is 8.72. The molecule has 5 nitrogen and oxygen atoms in total. The molecule has 1 fully saturated rings. The van der Waals surface area contributed by atoms with Crippen LogP contribution in [0.1, 0.15) is 59.3 Å². The Hall–Kier alpha value is -1.65. The molecule has 0 saturated heterocycles. The summed E-state index contributed by atoms with van der Waals surface area (Å²) in [5.74, 6) is -0.333. The normalized spacial score (nSPS) is 23.2. The summed E-state index contributed by atoms with van der Waals surface area (Å²) in [6, 6.07) is -0.622. The number of carbonyl (C=O) groups is 3. The van der Waals surface area contributed by atoms with Crippen molar-refractivity contribution >= 4 is 17.7 Å². The van der Waals surface area contributed by atoms with Crippen LogP contribution in [0.3, 0.4) is 0 Å². The van der Waals surface area contributed by atoms with Crippen molar-refractivity contribution in [2.75, 3.05) is 7.11 Å². The van der Waals surface area contributed by atoms with Crippen LogP contribution in [0.2, 0.25) is 0 Å². The highest BCUT2D eigenvalue weighted by Gasteiger charge is 2.36. The fourth-order valence-corrected chi connectivity index (χ4v) is 3.22. The number of amides is 1. The number of allylic oxidation sites excluding steroid dienone is 2. The van der Waals surface area contributed by atoms with Crippen molar-refractivity contribution in [3.63, 3.8) is 0 Å². The van der Waals surface area contributed by atoms with Crippen LogP contribution in [0.4, 0.5) is 0 Å². The Labute approximate surface area is 145 Å². The van der Waals surface area contributed by atoms with Crippen molar-refractivity contribution in [3.8, 4) is 0 Å². The van der Waals surface area contributed by atoms with Crippen LogP contribution in [0.25, 0.3) is 0 Å². The van der Waals surface area contributed by atoms with Gasteiger partial charge in [0.15, 0.2) is 0 Å². The molecular formula is C19H31NO4. The molecule has 0 aliphatic heterocycles. The average molecular weight is 337 g/mol. The monoisotopic (exact) mass is 337 g/mol. The standard InChI is InChI=1S/C19H31NO4/c1-5-7-8-9-15-14(10-11-16(15)21)12-17(22)20-18(13(3)6-2)19(23)24-4/h7-8,13-15,18H,5-6,9-12H2,1-4H3,(H,20,22)/b8-7-/t13?,14-,15-,18?/m1/s1. The maximum atomic E-state index is 12.4. The van der Waals surface area contributed by atoms with E-state index in [1.54, 1.807) is 0 Å². The van der Waals surface area contributed by atoms with E-state index in [0.29, 0.717) is 19.3 Å². The quantitative estimate of drug-likeness (QED) is 0.518. The first-order chi connectivity index (χ1) is 11.4. The van der Waals surface area contributed by atoms with E-state index >= 15 is 0 Å². The molecule has 136 valence electrons. The van der Waals surface area contributed by atoms with Gasteiger partial charge in [-0.2, -0.15) is 0 Å². The molecule has 1 aliphatic carbocycles. The molecule has 2 unspecified atom stereocenters. The molecule has 0 aromatic rings. The van der Waals surface area contributed by atoms with E-state index in [1.807, 2.05) is 19.9 Å². The fraction of sp³-hybridized carbons (Fsp3) is 0.737. The van der Waals surface area contributed by atoms with E-state index in [0.717, 1.165) is 19.3 Å². The SMILES string of the molecule is CC/C=C\C[C@H]1C(=O)CC[C@@H]1CC(=O)NC(C(=O)OC)C(C)CC. The summed E-state index contributed by atoms with van der Waals surface area (Å²) in [6.07, 6.45) is 8.11. The van der Waals surface area contributed by atoms with Crippen molar-refractivity contribution in [2.24, 2.45) is 17.8 Å². The van der Waals surface area contributed by atoms with E-state index in [9.17, 15) is 14.4 Å². The van der Waals surface area contributed by atoms with Crippen LogP contribution < -0.4 is 5.32 Å². The average Bonchev–Trinajstić information content (AvgIpc) is 2.91. The van der Waals surface area contributed by atoms with E-state index in [2.05, 4.69) is 18.3 Å². The molecule has 1 rings (SSSR count). The summed E-state index contributed by atoms with van der Waals surface area (Å²) in [5, 5.41) is 2.81.